The van der Waals surface area contributed by atoms with Crippen LogP contribution in [0.5, 0.6) is 11.5 Å². The Morgan fingerprint density at radius 3 is 2.40 bits per heavy atom. The second kappa shape index (κ2) is 4.75. The number of nitrogens with one attached hydrogen (secondary N) is 1. The molecule has 1 aromatic rings. The van der Waals surface area contributed by atoms with Crippen molar-refractivity contribution in [2.75, 3.05) is 19.5 Å². The van der Waals surface area contributed by atoms with Gasteiger partial charge in [0.1, 0.15) is 17.6 Å². The molecule has 1 N–H and O–H groups in total. The predicted molar refractivity (Wildman–Crippen MR) is 53.6 cm³/mol. The molecule has 0 spiro atoms. The Kier molecular flexibility index (Phi) is 3.62. The Balaban J connectivity index is 3.15. The van der Waals surface area contributed by atoms with Gasteiger partial charge in [-0.1, -0.05) is 11.6 Å². The summed E-state index contributed by atoms with van der Waals surface area (Å²) in [7, 11) is 2.86. The molecule has 0 atom stereocenters. The number of amides is 1. The van der Waals surface area contributed by atoms with Crippen LogP contribution in [0.2, 0.25) is 5.02 Å². The van der Waals surface area contributed by atoms with Gasteiger partial charge in [-0.2, -0.15) is 0 Å². The fourth-order valence-corrected chi connectivity index (χ4v) is 1.31. The highest BCUT2D eigenvalue weighted by Gasteiger charge is 2.09. The van der Waals surface area contributed by atoms with Crippen LogP contribution >= 0.6 is 11.6 Å². The lowest BCUT2D eigenvalue weighted by Gasteiger charge is -2.13. The summed E-state index contributed by atoms with van der Waals surface area (Å²) < 4.78 is 9.90. The van der Waals surface area contributed by atoms with E-state index < -0.39 is 6.09 Å². The van der Waals surface area contributed by atoms with Gasteiger partial charge in [-0.15, -0.1) is 0 Å². The van der Waals surface area contributed by atoms with Gasteiger partial charge in [0.05, 0.1) is 24.9 Å². The molecule has 0 heterocycles. The van der Waals surface area contributed by atoms with Crippen LogP contribution < -0.4 is 19.9 Å². The van der Waals surface area contributed by atoms with E-state index in [1.54, 1.807) is 0 Å². The van der Waals surface area contributed by atoms with Crippen molar-refractivity contribution in [3.05, 3.63) is 17.2 Å². The molecule has 1 amide bonds. The smallest absolute Gasteiger partial charge is 0.146 e. The van der Waals surface area contributed by atoms with Crippen molar-refractivity contribution in [2.24, 2.45) is 0 Å². The summed E-state index contributed by atoms with van der Waals surface area (Å²) in [6, 6.07) is 2.86. The van der Waals surface area contributed by atoms with Crippen molar-refractivity contribution >= 4 is 23.4 Å². The Morgan fingerprint density at radius 2 is 1.93 bits per heavy atom. The van der Waals surface area contributed by atoms with Gasteiger partial charge >= 0.3 is 0 Å². The molecule has 1 rings (SSSR count). The van der Waals surface area contributed by atoms with Crippen molar-refractivity contribution in [3.63, 3.8) is 0 Å². The van der Waals surface area contributed by atoms with Crippen molar-refractivity contribution in [1.29, 1.82) is 0 Å². The number of carboxylic acid groups (broad SMARTS) is 1. The molecule has 0 bridgehead atoms. The summed E-state index contributed by atoms with van der Waals surface area (Å²) in [5.74, 6) is 0.706. The Hall–Kier alpha value is -1.62. The summed E-state index contributed by atoms with van der Waals surface area (Å²) in [4.78, 5) is 10.4. The van der Waals surface area contributed by atoms with E-state index in [2.05, 4.69) is 5.32 Å². The normalized spacial score (nSPS) is 9.53. The topological polar surface area (TPSA) is 70.6 Å². The molecule has 6 heteroatoms. The van der Waals surface area contributed by atoms with E-state index in [4.69, 9.17) is 21.1 Å². The minimum atomic E-state index is -1.44. The van der Waals surface area contributed by atoms with Crippen molar-refractivity contribution in [2.45, 2.75) is 0 Å². The maximum atomic E-state index is 10.4. The predicted octanol–water partition coefficient (Wildman–Crippen LogP) is 1.11. The highest BCUT2D eigenvalue weighted by Crippen LogP contribution is 2.35. The summed E-state index contributed by atoms with van der Waals surface area (Å²) in [6.45, 7) is 0. The van der Waals surface area contributed by atoms with Crippen LogP contribution in [0.1, 0.15) is 0 Å². The lowest BCUT2D eigenvalue weighted by atomic mass is 10.2. The first-order chi connectivity index (χ1) is 7.08. The number of hydrogen-bond acceptors (Lipinski definition) is 4. The zero-order chi connectivity index (χ0) is 11.4. The van der Waals surface area contributed by atoms with Crippen LogP contribution in [0.4, 0.5) is 10.5 Å². The highest BCUT2D eigenvalue weighted by molar-refractivity contribution is 6.32. The van der Waals surface area contributed by atoms with E-state index in [1.165, 1.54) is 26.4 Å². The third-order valence-corrected chi connectivity index (χ3v) is 2.01. The van der Waals surface area contributed by atoms with Crippen LogP contribution in [0.3, 0.4) is 0 Å². The number of anilines is 1. The van der Waals surface area contributed by atoms with Crippen LogP contribution in [-0.2, 0) is 0 Å². The van der Waals surface area contributed by atoms with E-state index in [-0.39, 0.29) is 10.7 Å². The van der Waals surface area contributed by atoms with Crippen molar-refractivity contribution in [3.8, 4) is 11.5 Å². The number of ether oxygens (including phenoxy) is 2. The third kappa shape index (κ3) is 2.66. The lowest BCUT2D eigenvalue weighted by molar-refractivity contribution is -0.242. The molecule has 0 fully saturated rings. The standard InChI is InChI=1S/C9H10ClNO4/c1-14-7-4-8(15-2)6(3-5(7)10)11-9(12)13/h3-4,11H,1-2H3,(H,12,13)/p-1. The second-order valence-corrected chi connectivity index (χ2v) is 3.01. The van der Waals surface area contributed by atoms with E-state index in [1.807, 2.05) is 0 Å². The molecule has 0 unspecified atom stereocenters. The van der Waals surface area contributed by atoms with E-state index in [9.17, 15) is 9.90 Å². The zero-order valence-corrected chi connectivity index (χ0v) is 8.92. The van der Waals surface area contributed by atoms with Crippen LogP contribution in [-0.4, -0.2) is 20.3 Å². The molecule has 0 aliphatic carbocycles. The van der Waals surface area contributed by atoms with Crippen LogP contribution in [0, 0.1) is 0 Å². The number of carbonyl (C=O) groups is 1. The molecule has 0 saturated heterocycles. The summed E-state index contributed by atoms with van der Waals surface area (Å²) in [5, 5.41) is 12.7. The van der Waals surface area contributed by atoms with Crippen molar-refractivity contribution < 1.29 is 19.4 Å². The Morgan fingerprint density at radius 1 is 1.33 bits per heavy atom. The summed E-state index contributed by atoms with van der Waals surface area (Å²) >= 11 is 5.81. The molecule has 0 aromatic heterocycles. The maximum absolute atomic E-state index is 10.4. The largest absolute Gasteiger partial charge is 0.530 e. The third-order valence-electron chi connectivity index (χ3n) is 1.71. The highest BCUT2D eigenvalue weighted by atomic mass is 35.5. The first-order valence-electron chi connectivity index (χ1n) is 3.98. The molecule has 0 saturated carbocycles. The minimum Gasteiger partial charge on any atom is -0.530 e. The SMILES string of the molecule is COc1cc(OC)c(NC(=O)[O-])cc1Cl. The van der Waals surface area contributed by atoms with Crippen LogP contribution in [0.15, 0.2) is 12.1 Å². The molecule has 5 nitrogen and oxygen atoms in total. The number of rotatable bonds is 3. The van der Waals surface area contributed by atoms with Gasteiger partial charge in [-0.3, -0.25) is 0 Å². The lowest BCUT2D eigenvalue weighted by Crippen LogP contribution is -2.28. The zero-order valence-electron chi connectivity index (χ0n) is 8.17. The fourth-order valence-electron chi connectivity index (χ4n) is 1.07. The van der Waals surface area contributed by atoms with Crippen molar-refractivity contribution in [1.82, 2.24) is 0 Å². The van der Waals surface area contributed by atoms with E-state index in [0.29, 0.717) is 11.5 Å². The Bertz CT molecular complexity index is 381. The molecular formula is C9H9ClNO4-. The number of hydrogen-bond donors (Lipinski definition) is 1. The first-order valence-corrected chi connectivity index (χ1v) is 4.35. The van der Waals surface area contributed by atoms with Gasteiger partial charge < -0.3 is 24.7 Å². The summed E-state index contributed by atoms with van der Waals surface area (Å²) in [5.41, 5.74) is 0.211. The molecular weight excluding hydrogens is 222 g/mol. The summed E-state index contributed by atoms with van der Waals surface area (Å²) in [6.07, 6.45) is -1.44. The number of methoxy groups -OCH3 is 2. The minimum absolute atomic E-state index is 0.211. The number of halogens is 1. The molecule has 15 heavy (non-hydrogen) atoms. The molecule has 0 aliphatic heterocycles. The first kappa shape index (κ1) is 11.5. The molecule has 82 valence electrons. The molecule has 0 radical (unpaired) electrons. The number of benzene rings is 1. The van der Waals surface area contributed by atoms with Gasteiger partial charge in [0.2, 0.25) is 0 Å². The molecule has 1 aromatic carbocycles. The van der Waals surface area contributed by atoms with Gasteiger partial charge in [0.15, 0.2) is 0 Å². The maximum Gasteiger partial charge on any atom is 0.146 e. The van der Waals surface area contributed by atoms with Gasteiger partial charge in [-0.05, 0) is 6.07 Å². The second-order valence-electron chi connectivity index (χ2n) is 2.60. The van der Waals surface area contributed by atoms with Gasteiger partial charge in [0, 0.05) is 6.07 Å². The van der Waals surface area contributed by atoms with E-state index in [0.717, 1.165) is 0 Å². The molecule has 0 aliphatic rings. The quantitative estimate of drug-likeness (QED) is 0.845. The van der Waals surface area contributed by atoms with Crippen LogP contribution in [0.25, 0.3) is 0 Å². The van der Waals surface area contributed by atoms with E-state index >= 15 is 0 Å². The Labute approximate surface area is 91.6 Å². The average Bonchev–Trinajstić information content (AvgIpc) is 2.17. The monoisotopic (exact) mass is 230 g/mol. The van der Waals surface area contributed by atoms with Gasteiger partial charge in [-0.25, -0.2) is 0 Å². The van der Waals surface area contributed by atoms with Gasteiger partial charge in [0.25, 0.3) is 0 Å². The number of carbonyl (C=O) groups excluding carboxylic acids is 1. The fraction of sp³-hybridized carbons (Fsp3) is 0.222. The average molecular weight is 231 g/mol.